The molecule has 0 amide bonds. The Hall–Kier alpha value is -0.160. The van der Waals surface area contributed by atoms with Crippen molar-refractivity contribution in [3.63, 3.8) is 0 Å². The number of aliphatic hydroxyl groups is 3. The highest BCUT2D eigenvalue weighted by Crippen LogP contribution is 2.19. The molecule has 0 radical (unpaired) electrons. The van der Waals surface area contributed by atoms with Crippen molar-refractivity contribution >= 4 is 0 Å². The maximum atomic E-state index is 9.32. The van der Waals surface area contributed by atoms with Crippen LogP contribution in [0.4, 0.5) is 0 Å². The van der Waals surface area contributed by atoms with Crippen molar-refractivity contribution in [2.45, 2.75) is 32.5 Å². The van der Waals surface area contributed by atoms with Crippen LogP contribution in [0.15, 0.2) is 0 Å². The van der Waals surface area contributed by atoms with Crippen LogP contribution in [0, 0.1) is 5.92 Å². The first-order valence-electron chi connectivity index (χ1n) is 4.41. The lowest BCUT2D eigenvalue weighted by molar-refractivity contribution is -0.0911. The van der Waals surface area contributed by atoms with E-state index in [9.17, 15) is 5.11 Å². The molecule has 82 valence electrons. The van der Waals surface area contributed by atoms with Gasteiger partial charge in [0.1, 0.15) is 0 Å². The normalized spacial score (nSPS) is 32.1. The van der Waals surface area contributed by atoms with E-state index in [0.717, 1.165) is 27.2 Å². The largest absolute Gasteiger partial charge is 0.400 e. The minimum atomic E-state index is -0.251. The Balaban J connectivity index is 0. The summed E-state index contributed by atoms with van der Waals surface area (Å²) in [6.07, 6.45) is 0.776. The summed E-state index contributed by atoms with van der Waals surface area (Å²) in [5.74, 6) is 0.411. The summed E-state index contributed by atoms with van der Waals surface area (Å²) in [4.78, 5) is 0. The first kappa shape index (κ1) is 15.3. The van der Waals surface area contributed by atoms with Crippen LogP contribution in [-0.2, 0) is 4.74 Å². The Morgan fingerprint density at radius 1 is 1.08 bits per heavy atom. The molecule has 0 aromatic carbocycles. The highest BCUT2D eigenvalue weighted by molar-refractivity contribution is 4.74. The summed E-state index contributed by atoms with van der Waals surface area (Å²) in [5, 5.41) is 23.3. The third kappa shape index (κ3) is 5.99. The molecule has 1 saturated heterocycles. The third-order valence-electron chi connectivity index (χ3n) is 2.02. The van der Waals surface area contributed by atoms with Gasteiger partial charge in [0.2, 0.25) is 0 Å². The Bertz CT molecular complexity index is 87.6. The topological polar surface area (TPSA) is 69.9 Å². The van der Waals surface area contributed by atoms with Crippen molar-refractivity contribution in [1.29, 1.82) is 0 Å². The summed E-state index contributed by atoms with van der Waals surface area (Å²) in [5.41, 5.74) is 0. The lowest BCUT2D eigenvalue weighted by Crippen LogP contribution is -2.37. The number of aliphatic hydroxyl groups excluding tert-OH is 3. The second-order valence-electron chi connectivity index (χ2n) is 2.83. The zero-order valence-corrected chi connectivity index (χ0v) is 8.90. The molecule has 3 atom stereocenters. The molecule has 0 spiro atoms. The molecule has 0 aromatic heterocycles. The molecule has 1 fully saturated rings. The van der Waals surface area contributed by atoms with E-state index in [1.807, 2.05) is 6.92 Å². The molecule has 0 saturated carbocycles. The molecule has 2 unspecified atom stereocenters. The number of hydrogen-bond donors (Lipinski definition) is 3. The standard InChI is InChI=1S/C7H14O2.2CH4O/c1-5-3-4-9-6(2)7(5)8;2*1-2/h5-8H,3-4H2,1-2H3;2*2H,1H3/t5?,6?,7-;;/m1../s1. The van der Waals surface area contributed by atoms with E-state index in [4.69, 9.17) is 14.9 Å². The van der Waals surface area contributed by atoms with Crippen molar-refractivity contribution in [2.75, 3.05) is 20.8 Å². The highest BCUT2D eigenvalue weighted by Gasteiger charge is 2.25. The van der Waals surface area contributed by atoms with E-state index < -0.39 is 0 Å². The van der Waals surface area contributed by atoms with E-state index in [2.05, 4.69) is 6.92 Å². The van der Waals surface area contributed by atoms with Gasteiger partial charge in [0.25, 0.3) is 0 Å². The fourth-order valence-corrected chi connectivity index (χ4v) is 1.17. The molecular formula is C9H22O4. The fraction of sp³-hybridized carbons (Fsp3) is 1.00. The molecule has 0 aromatic rings. The summed E-state index contributed by atoms with van der Waals surface area (Å²) >= 11 is 0. The smallest absolute Gasteiger partial charge is 0.0825 e. The quantitative estimate of drug-likeness (QED) is 0.508. The highest BCUT2D eigenvalue weighted by atomic mass is 16.5. The van der Waals surface area contributed by atoms with Gasteiger partial charge in [-0.1, -0.05) is 6.92 Å². The van der Waals surface area contributed by atoms with Crippen molar-refractivity contribution < 1.29 is 20.1 Å². The molecule has 0 aliphatic carbocycles. The van der Waals surface area contributed by atoms with Gasteiger partial charge in [-0.2, -0.15) is 0 Å². The predicted octanol–water partition coefficient (Wildman–Crippen LogP) is 0.00920. The average molecular weight is 194 g/mol. The van der Waals surface area contributed by atoms with E-state index >= 15 is 0 Å². The van der Waals surface area contributed by atoms with Gasteiger partial charge >= 0.3 is 0 Å². The molecule has 1 heterocycles. The van der Waals surface area contributed by atoms with E-state index in [1.165, 1.54) is 0 Å². The summed E-state index contributed by atoms with van der Waals surface area (Å²) < 4.78 is 5.21. The fourth-order valence-electron chi connectivity index (χ4n) is 1.17. The SMILES string of the molecule is CC1CCOC(C)[C@@H]1O.CO.CO. The van der Waals surface area contributed by atoms with Gasteiger partial charge in [-0.05, 0) is 19.3 Å². The lowest BCUT2D eigenvalue weighted by Gasteiger charge is -2.30. The average Bonchev–Trinajstić information content (AvgIpc) is 2.20. The molecule has 13 heavy (non-hydrogen) atoms. The summed E-state index contributed by atoms with van der Waals surface area (Å²) in [6.45, 7) is 4.78. The first-order valence-corrected chi connectivity index (χ1v) is 4.41. The molecule has 3 N–H and O–H groups in total. The maximum absolute atomic E-state index is 9.32. The second kappa shape index (κ2) is 9.92. The number of ether oxygens (including phenoxy) is 1. The van der Waals surface area contributed by atoms with E-state index in [-0.39, 0.29) is 12.2 Å². The van der Waals surface area contributed by atoms with Crippen LogP contribution in [0.1, 0.15) is 20.3 Å². The van der Waals surface area contributed by atoms with Gasteiger partial charge in [-0.3, -0.25) is 0 Å². The molecular weight excluding hydrogens is 172 g/mol. The van der Waals surface area contributed by atoms with E-state index in [1.54, 1.807) is 0 Å². The van der Waals surface area contributed by atoms with Crippen molar-refractivity contribution in [3.8, 4) is 0 Å². The van der Waals surface area contributed by atoms with Crippen molar-refractivity contribution in [2.24, 2.45) is 5.92 Å². The third-order valence-corrected chi connectivity index (χ3v) is 2.02. The van der Waals surface area contributed by atoms with Crippen molar-refractivity contribution in [1.82, 2.24) is 0 Å². The van der Waals surface area contributed by atoms with E-state index in [0.29, 0.717) is 5.92 Å². The van der Waals surface area contributed by atoms with Gasteiger partial charge in [-0.25, -0.2) is 0 Å². The van der Waals surface area contributed by atoms with Gasteiger partial charge in [0.05, 0.1) is 12.2 Å². The summed E-state index contributed by atoms with van der Waals surface area (Å²) in [6, 6.07) is 0. The Labute approximate surface area is 80.2 Å². The second-order valence-corrected chi connectivity index (χ2v) is 2.83. The van der Waals surface area contributed by atoms with Crippen LogP contribution < -0.4 is 0 Å². The zero-order valence-electron chi connectivity index (χ0n) is 8.90. The van der Waals surface area contributed by atoms with Gasteiger partial charge < -0.3 is 20.1 Å². The van der Waals surface area contributed by atoms with Crippen molar-refractivity contribution in [3.05, 3.63) is 0 Å². The van der Waals surface area contributed by atoms with Crippen LogP contribution in [-0.4, -0.2) is 48.4 Å². The Morgan fingerprint density at radius 2 is 1.54 bits per heavy atom. The summed E-state index contributed by atoms with van der Waals surface area (Å²) in [7, 11) is 2.00. The minimum Gasteiger partial charge on any atom is -0.400 e. The van der Waals surface area contributed by atoms with Crippen LogP contribution in [0.3, 0.4) is 0 Å². The molecule has 1 aliphatic heterocycles. The van der Waals surface area contributed by atoms with Gasteiger partial charge in [0, 0.05) is 20.8 Å². The predicted molar refractivity (Wildman–Crippen MR) is 51.5 cm³/mol. The zero-order chi connectivity index (χ0) is 10.9. The Morgan fingerprint density at radius 3 is 1.85 bits per heavy atom. The van der Waals surface area contributed by atoms with Crippen LogP contribution in [0.25, 0.3) is 0 Å². The first-order chi connectivity index (χ1) is 6.22. The molecule has 0 bridgehead atoms. The van der Waals surface area contributed by atoms with Crippen LogP contribution in [0.5, 0.6) is 0 Å². The van der Waals surface area contributed by atoms with Crippen LogP contribution >= 0.6 is 0 Å². The van der Waals surface area contributed by atoms with Crippen LogP contribution in [0.2, 0.25) is 0 Å². The molecule has 1 rings (SSSR count). The molecule has 1 aliphatic rings. The number of hydrogen-bond acceptors (Lipinski definition) is 4. The molecule has 4 heteroatoms. The van der Waals surface area contributed by atoms with Gasteiger partial charge in [-0.15, -0.1) is 0 Å². The monoisotopic (exact) mass is 194 g/mol. The maximum Gasteiger partial charge on any atom is 0.0825 e. The lowest BCUT2D eigenvalue weighted by atomic mass is 9.95. The number of rotatable bonds is 0. The molecule has 4 nitrogen and oxygen atoms in total. The Kier molecular flexibility index (Phi) is 11.7. The minimum absolute atomic E-state index is 0.0359. The van der Waals surface area contributed by atoms with Gasteiger partial charge in [0.15, 0.2) is 0 Å².